The second kappa shape index (κ2) is 12.8. The predicted octanol–water partition coefficient (Wildman–Crippen LogP) is -2.49. The SMILES string of the molecule is O=c1cc(-c2ccc(O)c(O)c2)c2c(O[C@@H]3O[C@H](COO[C@@H]4O[C@H](CO)[C@@H](O)[C@H](O)[C@H]4O)[C@@H](O)[C@H](O)[C@H]3O)cc(O)cc2o1. The van der Waals surface area contributed by atoms with E-state index < -0.39 is 97.5 Å². The minimum absolute atomic E-state index is 0.0580. The van der Waals surface area contributed by atoms with Crippen molar-refractivity contribution in [1.29, 1.82) is 0 Å². The molecule has 0 radical (unpaired) electrons. The topological polar surface area (TPSA) is 279 Å². The van der Waals surface area contributed by atoms with Crippen molar-refractivity contribution in [2.24, 2.45) is 0 Å². The van der Waals surface area contributed by atoms with Crippen LogP contribution in [0.1, 0.15) is 0 Å². The Balaban J connectivity index is 1.38. The van der Waals surface area contributed by atoms with Crippen LogP contribution in [0.2, 0.25) is 0 Å². The van der Waals surface area contributed by atoms with Crippen LogP contribution < -0.4 is 10.4 Å². The van der Waals surface area contributed by atoms with Crippen molar-refractivity contribution in [3.8, 4) is 34.1 Å². The lowest BCUT2D eigenvalue weighted by Crippen LogP contribution is -2.61. The Morgan fingerprint density at radius 3 is 2.07 bits per heavy atom. The van der Waals surface area contributed by atoms with Gasteiger partial charge in [0.2, 0.25) is 12.6 Å². The number of rotatable bonds is 8. The highest BCUT2D eigenvalue weighted by atomic mass is 17.2. The molecule has 17 heteroatoms. The average molecular weight is 627 g/mol. The highest BCUT2D eigenvalue weighted by Gasteiger charge is 2.47. The van der Waals surface area contributed by atoms with Gasteiger partial charge in [-0.15, -0.1) is 0 Å². The van der Waals surface area contributed by atoms with E-state index in [-0.39, 0.29) is 27.8 Å². The normalized spacial score (nSPS) is 32.5. The standard InChI is InChI=1S/C27H30O17/c28-7-16-20(33)22(35)25(38)27(42-16)44-39-8-17-21(34)23(36)24(37)26(43-17)41-15-5-10(29)4-14-19(15)11(6-18(32)40-14)9-1-2-12(30)13(31)3-9/h1-6,16-17,20-31,33-38H,7-8H2/t16-,17-,20-,21-,22+,23+,24-,25-,26-,27+/m1/s1. The van der Waals surface area contributed by atoms with E-state index in [9.17, 15) is 55.9 Å². The zero-order chi connectivity index (χ0) is 31.9. The van der Waals surface area contributed by atoms with Gasteiger partial charge < -0.3 is 69.7 Å². The van der Waals surface area contributed by atoms with Gasteiger partial charge in [0.1, 0.15) is 72.5 Å². The number of benzene rings is 2. The number of fused-ring (bicyclic) bond motifs is 1. The molecule has 2 aliphatic rings. The summed E-state index contributed by atoms with van der Waals surface area (Å²) < 4.78 is 21.8. The van der Waals surface area contributed by atoms with E-state index in [1.54, 1.807) is 0 Å². The van der Waals surface area contributed by atoms with Gasteiger partial charge >= 0.3 is 5.63 Å². The van der Waals surface area contributed by atoms with Gasteiger partial charge in [-0.2, -0.15) is 0 Å². The zero-order valence-electron chi connectivity index (χ0n) is 22.5. The minimum Gasteiger partial charge on any atom is -0.508 e. The molecule has 2 aromatic carbocycles. The van der Waals surface area contributed by atoms with Crippen molar-refractivity contribution >= 4 is 11.0 Å². The molecule has 0 unspecified atom stereocenters. The lowest BCUT2D eigenvalue weighted by molar-refractivity contribution is -0.435. The van der Waals surface area contributed by atoms with Crippen LogP contribution >= 0.6 is 0 Å². The summed E-state index contributed by atoms with van der Waals surface area (Å²) in [4.78, 5) is 22.2. The molecular formula is C27H30O17. The zero-order valence-corrected chi connectivity index (χ0v) is 22.5. The van der Waals surface area contributed by atoms with Gasteiger partial charge in [-0.25, -0.2) is 14.6 Å². The summed E-state index contributed by atoms with van der Waals surface area (Å²) >= 11 is 0. The number of phenolic OH excluding ortho intramolecular Hbond substituents is 3. The lowest BCUT2D eigenvalue weighted by Gasteiger charge is -2.41. The number of aromatic hydroxyl groups is 3. The molecule has 2 saturated heterocycles. The molecule has 1 aromatic heterocycles. The fourth-order valence-corrected chi connectivity index (χ4v) is 4.86. The number of hydrogen-bond donors (Lipinski definition) is 10. The summed E-state index contributed by atoms with van der Waals surface area (Å²) in [7, 11) is 0. The summed E-state index contributed by atoms with van der Waals surface area (Å²) in [6.07, 6.45) is -16.9. The molecule has 3 heterocycles. The molecule has 44 heavy (non-hydrogen) atoms. The monoisotopic (exact) mass is 626 g/mol. The van der Waals surface area contributed by atoms with Gasteiger partial charge in [-0.1, -0.05) is 6.07 Å². The fourth-order valence-electron chi connectivity index (χ4n) is 4.86. The van der Waals surface area contributed by atoms with Crippen molar-refractivity contribution in [2.45, 2.75) is 61.4 Å². The van der Waals surface area contributed by atoms with Crippen molar-refractivity contribution in [2.75, 3.05) is 13.2 Å². The maximum Gasteiger partial charge on any atom is 0.336 e. The second-order valence-electron chi connectivity index (χ2n) is 10.2. The van der Waals surface area contributed by atoms with Gasteiger partial charge in [0.25, 0.3) is 0 Å². The first-order valence-corrected chi connectivity index (χ1v) is 13.2. The van der Waals surface area contributed by atoms with Crippen LogP contribution in [0.25, 0.3) is 22.1 Å². The fraction of sp³-hybridized carbons (Fsp3) is 0.444. The van der Waals surface area contributed by atoms with Crippen LogP contribution in [0.3, 0.4) is 0 Å². The molecule has 0 saturated carbocycles. The lowest BCUT2D eigenvalue weighted by atomic mass is 9.99. The Bertz CT molecular complexity index is 1520. The van der Waals surface area contributed by atoms with Gasteiger partial charge in [0.05, 0.1) is 12.0 Å². The molecule has 0 spiro atoms. The third-order valence-corrected chi connectivity index (χ3v) is 7.23. The molecule has 0 amide bonds. The molecular weight excluding hydrogens is 596 g/mol. The van der Waals surface area contributed by atoms with Crippen LogP contribution in [0, 0.1) is 0 Å². The Kier molecular flexibility index (Phi) is 9.25. The first kappa shape index (κ1) is 31.8. The van der Waals surface area contributed by atoms with E-state index in [1.165, 1.54) is 12.1 Å². The molecule has 240 valence electrons. The largest absolute Gasteiger partial charge is 0.508 e. The number of hydrogen-bond acceptors (Lipinski definition) is 17. The molecule has 0 bridgehead atoms. The van der Waals surface area contributed by atoms with E-state index in [4.69, 9.17) is 28.4 Å². The smallest absolute Gasteiger partial charge is 0.336 e. The molecule has 17 nitrogen and oxygen atoms in total. The van der Waals surface area contributed by atoms with Gasteiger partial charge in [-0.05, 0) is 17.7 Å². The summed E-state index contributed by atoms with van der Waals surface area (Å²) in [5.41, 5.74) is -0.652. The van der Waals surface area contributed by atoms with Crippen LogP contribution in [0.4, 0.5) is 0 Å². The Morgan fingerprint density at radius 1 is 0.727 bits per heavy atom. The summed E-state index contributed by atoms with van der Waals surface area (Å²) in [6, 6.07) is 6.98. The molecule has 3 aromatic rings. The molecule has 2 fully saturated rings. The van der Waals surface area contributed by atoms with Crippen LogP contribution in [0.5, 0.6) is 23.0 Å². The number of phenols is 3. The summed E-state index contributed by atoms with van der Waals surface area (Å²) in [5, 5.41) is 101. The van der Waals surface area contributed by atoms with E-state index in [0.717, 1.165) is 24.3 Å². The van der Waals surface area contributed by atoms with Crippen molar-refractivity contribution in [1.82, 2.24) is 0 Å². The van der Waals surface area contributed by atoms with Crippen molar-refractivity contribution in [3.63, 3.8) is 0 Å². The van der Waals surface area contributed by atoms with E-state index >= 15 is 0 Å². The number of aliphatic hydroxyl groups excluding tert-OH is 7. The first-order valence-electron chi connectivity index (χ1n) is 13.2. The highest BCUT2D eigenvalue weighted by Crippen LogP contribution is 2.40. The Labute approximate surface area is 246 Å². The molecule has 5 rings (SSSR count). The first-order chi connectivity index (χ1) is 20.9. The molecule has 2 aliphatic heterocycles. The van der Waals surface area contributed by atoms with E-state index in [1.807, 2.05) is 0 Å². The average Bonchev–Trinajstić information content (AvgIpc) is 2.98. The van der Waals surface area contributed by atoms with Crippen LogP contribution in [-0.2, 0) is 19.2 Å². The molecule has 10 N–H and O–H groups in total. The van der Waals surface area contributed by atoms with Crippen LogP contribution in [-0.4, -0.2) is 126 Å². The Morgan fingerprint density at radius 2 is 1.39 bits per heavy atom. The van der Waals surface area contributed by atoms with Gasteiger partial charge in [-0.3, -0.25) is 0 Å². The molecule has 0 aliphatic carbocycles. The van der Waals surface area contributed by atoms with Crippen molar-refractivity contribution < 1.29 is 79.5 Å². The van der Waals surface area contributed by atoms with Gasteiger partial charge in [0, 0.05) is 23.8 Å². The highest BCUT2D eigenvalue weighted by molar-refractivity contribution is 5.98. The van der Waals surface area contributed by atoms with E-state index in [0.29, 0.717) is 0 Å². The third-order valence-electron chi connectivity index (χ3n) is 7.23. The van der Waals surface area contributed by atoms with E-state index in [2.05, 4.69) is 0 Å². The summed E-state index contributed by atoms with van der Waals surface area (Å²) in [6.45, 7) is -1.39. The van der Waals surface area contributed by atoms with Gasteiger partial charge in [0.15, 0.2) is 11.5 Å². The van der Waals surface area contributed by atoms with Crippen molar-refractivity contribution in [3.05, 3.63) is 46.8 Å². The maximum atomic E-state index is 12.3. The number of aliphatic hydroxyl groups is 7. The summed E-state index contributed by atoms with van der Waals surface area (Å²) in [5.74, 6) is -1.58. The third kappa shape index (κ3) is 6.16. The number of ether oxygens (including phenoxy) is 3. The molecule has 10 atom stereocenters. The predicted molar refractivity (Wildman–Crippen MR) is 141 cm³/mol. The second-order valence-corrected chi connectivity index (χ2v) is 10.2. The quantitative estimate of drug-likeness (QED) is 0.0536. The maximum absolute atomic E-state index is 12.3. The van der Waals surface area contributed by atoms with Crippen LogP contribution in [0.15, 0.2) is 45.6 Å². The Hall–Kier alpha value is -3.59. The minimum atomic E-state index is -1.87.